The van der Waals surface area contributed by atoms with Crippen molar-refractivity contribution in [2.75, 3.05) is 13.5 Å². The van der Waals surface area contributed by atoms with Crippen LogP contribution >= 0.6 is 0 Å². The fraction of sp³-hybridized carbons (Fsp3) is 0.207. The van der Waals surface area contributed by atoms with Crippen molar-refractivity contribution in [3.8, 4) is 23.0 Å². The molecule has 0 unspecified atom stereocenters. The van der Waals surface area contributed by atoms with Crippen molar-refractivity contribution in [1.29, 1.82) is 0 Å². The van der Waals surface area contributed by atoms with Crippen LogP contribution in [0.3, 0.4) is 0 Å². The van der Waals surface area contributed by atoms with Crippen LogP contribution in [0.1, 0.15) is 32.6 Å². The Morgan fingerprint density at radius 1 is 1.00 bits per heavy atom. The van der Waals surface area contributed by atoms with Crippen LogP contribution in [0.4, 0.5) is 0 Å². The normalized spacial score (nSPS) is 17.3. The molecule has 0 fully saturated rings. The molecule has 0 bridgehead atoms. The van der Waals surface area contributed by atoms with Gasteiger partial charge in [0, 0.05) is 53.9 Å². The molecule has 0 saturated carbocycles. The third-order valence-corrected chi connectivity index (χ3v) is 7.06. The summed E-state index contributed by atoms with van der Waals surface area (Å²) in [5.41, 5.74) is 5.62. The molecule has 3 aliphatic heterocycles. The SMILES string of the molecule is Cc1c2c(cc3c1O/C(=C\c1cn(C)c4ccccc14)C3=O)CN(Cc1ccc3c(c1)OCO3)CO2. The van der Waals surface area contributed by atoms with Crippen LogP contribution in [0.15, 0.2) is 60.5 Å². The molecule has 7 nitrogen and oxygen atoms in total. The van der Waals surface area contributed by atoms with Crippen molar-refractivity contribution >= 4 is 22.8 Å². The van der Waals surface area contributed by atoms with Crippen molar-refractivity contribution in [2.45, 2.75) is 20.0 Å². The third kappa shape index (κ3) is 3.27. The van der Waals surface area contributed by atoms with Crippen LogP contribution in [-0.2, 0) is 20.1 Å². The minimum absolute atomic E-state index is 0.100. The number of hydrogen-bond donors (Lipinski definition) is 0. The Morgan fingerprint density at radius 3 is 2.78 bits per heavy atom. The van der Waals surface area contributed by atoms with Crippen LogP contribution < -0.4 is 18.9 Å². The van der Waals surface area contributed by atoms with Gasteiger partial charge in [-0.25, -0.2) is 0 Å². The van der Waals surface area contributed by atoms with E-state index in [1.54, 1.807) is 0 Å². The quantitative estimate of drug-likeness (QED) is 0.377. The van der Waals surface area contributed by atoms with E-state index in [2.05, 4.69) is 21.6 Å². The molecule has 0 spiro atoms. The number of fused-ring (bicyclic) bond motifs is 4. The van der Waals surface area contributed by atoms with Crippen LogP contribution in [0.2, 0.25) is 0 Å². The molecule has 0 amide bonds. The van der Waals surface area contributed by atoms with E-state index in [9.17, 15) is 4.79 Å². The number of ether oxygens (including phenoxy) is 4. The number of ketones is 1. The molecule has 3 aliphatic rings. The molecule has 7 rings (SSSR count). The lowest BCUT2D eigenvalue weighted by Crippen LogP contribution is -2.32. The maximum Gasteiger partial charge on any atom is 0.231 e. The summed E-state index contributed by atoms with van der Waals surface area (Å²) in [5.74, 6) is 3.17. The highest BCUT2D eigenvalue weighted by molar-refractivity contribution is 6.15. The maximum atomic E-state index is 13.4. The van der Waals surface area contributed by atoms with Gasteiger partial charge in [-0.3, -0.25) is 9.69 Å². The van der Waals surface area contributed by atoms with Gasteiger partial charge in [0.05, 0.1) is 5.56 Å². The second-order valence-corrected chi connectivity index (χ2v) is 9.47. The minimum atomic E-state index is -0.100. The summed E-state index contributed by atoms with van der Waals surface area (Å²) < 4.78 is 25.3. The van der Waals surface area contributed by atoms with Crippen LogP contribution in [0.25, 0.3) is 17.0 Å². The Kier molecular flexibility index (Phi) is 4.62. The van der Waals surface area contributed by atoms with Gasteiger partial charge in [0.2, 0.25) is 12.6 Å². The van der Waals surface area contributed by atoms with Gasteiger partial charge in [-0.05, 0) is 42.8 Å². The lowest BCUT2D eigenvalue weighted by molar-refractivity contribution is 0.0876. The number of carbonyl (C=O) groups excluding carboxylic acids is 1. The average molecular weight is 481 g/mol. The number of nitrogens with zero attached hydrogens (tertiary/aromatic N) is 2. The molecule has 7 heteroatoms. The molecule has 0 radical (unpaired) electrons. The van der Waals surface area contributed by atoms with Gasteiger partial charge in [0.1, 0.15) is 18.2 Å². The molecule has 36 heavy (non-hydrogen) atoms. The lowest BCUT2D eigenvalue weighted by atomic mass is 9.99. The maximum absolute atomic E-state index is 13.4. The number of aromatic nitrogens is 1. The van der Waals surface area contributed by atoms with Gasteiger partial charge >= 0.3 is 0 Å². The average Bonchev–Trinajstić information content (AvgIpc) is 3.57. The van der Waals surface area contributed by atoms with Crippen LogP contribution in [-0.4, -0.2) is 28.8 Å². The van der Waals surface area contributed by atoms with Crippen molar-refractivity contribution in [1.82, 2.24) is 9.47 Å². The topological polar surface area (TPSA) is 62.2 Å². The zero-order valence-corrected chi connectivity index (χ0v) is 20.0. The summed E-state index contributed by atoms with van der Waals surface area (Å²) in [7, 11) is 2.00. The fourth-order valence-electron chi connectivity index (χ4n) is 5.32. The van der Waals surface area contributed by atoms with E-state index < -0.39 is 0 Å². The Labute approximate surface area is 208 Å². The molecule has 4 heterocycles. The Bertz CT molecular complexity index is 1600. The number of para-hydroxylation sites is 1. The van der Waals surface area contributed by atoms with Crippen molar-refractivity contribution in [2.24, 2.45) is 7.05 Å². The zero-order valence-electron chi connectivity index (χ0n) is 20.0. The number of rotatable bonds is 3. The van der Waals surface area contributed by atoms with Crippen molar-refractivity contribution < 1.29 is 23.7 Å². The molecule has 4 aromatic rings. The second kappa shape index (κ2) is 7.90. The fourth-order valence-corrected chi connectivity index (χ4v) is 5.32. The van der Waals surface area contributed by atoms with Crippen molar-refractivity contribution in [3.63, 3.8) is 0 Å². The van der Waals surface area contributed by atoms with E-state index in [1.165, 1.54) is 0 Å². The summed E-state index contributed by atoms with van der Waals surface area (Å²) in [4.78, 5) is 15.6. The summed E-state index contributed by atoms with van der Waals surface area (Å²) >= 11 is 0. The lowest BCUT2D eigenvalue weighted by Gasteiger charge is -2.30. The number of hydrogen-bond acceptors (Lipinski definition) is 6. The molecule has 0 atom stereocenters. The first-order chi connectivity index (χ1) is 17.5. The number of aryl methyl sites for hydroxylation is 1. The first-order valence-corrected chi connectivity index (χ1v) is 11.9. The Hall–Kier alpha value is -4.23. The van der Waals surface area contributed by atoms with E-state index in [1.807, 2.05) is 62.6 Å². The van der Waals surface area contributed by atoms with E-state index in [0.29, 0.717) is 36.9 Å². The minimum Gasteiger partial charge on any atom is -0.477 e. The molecule has 1 aromatic heterocycles. The second-order valence-electron chi connectivity index (χ2n) is 9.47. The van der Waals surface area contributed by atoms with Gasteiger partial charge in [-0.15, -0.1) is 0 Å². The predicted octanol–water partition coefficient (Wildman–Crippen LogP) is 5.18. The Balaban J connectivity index is 1.17. The third-order valence-electron chi connectivity index (χ3n) is 7.06. The van der Waals surface area contributed by atoms with Crippen LogP contribution in [0, 0.1) is 6.92 Å². The molecule has 180 valence electrons. The van der Waals surface area contributed by atoms with E-state index in [4.69, 9.17) is 18.9 Å². The van der Waals surface area contributed by atoms with Gasteiger partial charge in [-0.1, -0.05) is 24.3 Å². The number of benzene rings is 3. The molecule has 0 saturated heterocycles. The highest BCUT2D eigenvalue weighted by Gasteiger charge is 2.34. The number of Topliss-reactive ketones (excluding diaryl/α,β-unsaturated/α-hetero) is 1. The zero-order chi connectivity index (χ0) is 24.4. The predicted molar refractivity (Wildman–Crippen MR) is 134 cm³/mol. The summed E-state index contributed by atoms with van der Waals surface area (Å²) in [6.45, 7) is 4.04. The molecule has 0 aliphatic carbocycles. The van der Waals surface area contributed by atoms with Gasteiger partial charge in [0.15, 0.2) is 17.3 Å². The summed E-state index contributed by atoms with van der Waals surface area (Å²) in [6, 6.07) is 16.0. The number of carbonyl (C=O) groups is 1. The highest BCUT2D eigenvalue weighted by Crippen LogP contribution is 2.43. The first kappa shape index (κ1) is 21.1. The van der Waals surface area contributed by atoms with E-state index in [-0.39, 0.29) is 12.6 Å². The first-order valence-electron chi connectivity index (χ1n) is 11.9. The van der Waals surface area contributed by atoms with Gasteiger partial charge < -0.3 is 23.5 Å². The smallest absolute Gasteiger partial charge is 0.231 e. The largest absolute Gasteiger partial charge is 0.477 e. The van der Waals surface area contributed by atoms with Crippen LogP contribution in [0.5, 0.6) is 23.0 Å². The molecule has 3 aromatic carbocycles. The Morgan fingerprint density at radius 2 is 1.86 bits per heavy atom. The monoisotopic (exact) mass is 480 g/mol. The van der Waals surface area contributed by atoms with E-state index in [0.717, 1.165) is 50.4 Å². The van der Waals surface area contributed by atoms with Gasteiger partial charge in [-0.2, -0.15) is 0 Å². The highest BCUT2D eigenvalue weighted by atomic mass is 16.7. The molecule has 0 N–H and O–H groups in total. The van der Waals surface area contributed by atoms with E-state index >= 15 is 0 Å². The van der Waals surface area contributed by atoms with Crippen molar-refractivity contribution in [3.05, 3.63) is 88.3 Å². The molecular weight excluding hydrogens is 456 g/mol. The number of allylic oxidation sites excluding steroid dienone is 1. The van der Waals surface area contributed by atoms with Gasteiger partial charge in [0.25, 0.3) is 0 Å². The summed E-state index contributed by atoms with van der Waals surface area (Å²) in [5, 5.41) is 1.08. The molecular formula is C29H24N2O5. The summed E-state index contributed by atoms with van der Waals surface area (Å²) in [6.07, 6.45) is 3.86. The standard InChI is InChI=1S/C29H24N2O5/c1-17-28-20(14-31(15-33-28)12-18-7-8-24-25(9-18)35-16-34-24)10-22-27(32)26(36-29(17)22)11-19-13-30(2)23-6-4-3-5-21(19)23/h3-11,13H,12,14-16H2,1-2H3/b26-11-.